The van der Waals surface area contributed by atoms with Crippen LogP contribution in [0, 0.1) is 5.41 Å². The Labute approximate surface area is 91.6 Å². The first-order valence-corrected chi connectivity index (χ1v) is 5.91. The van der Waals surface area contributed by atoms with Crippen molar-refractivity contribution in [1.82, 2.24) is 4.90 Å². The van der Waals surface area contributed by atoms with Crippen LogP contribution in [0.25, 0.3) is 0 Å². The molecule has 1 atom stereocenters. The van der Waals surface area contributed by atoms with Gasteiger partial charge in [0.2, 0.25) is 5.91 Å². The van der Waals surface area contributed by atoms with Gasteiger partial charge in [-0.1, -0.05) is 13.8 Å². The molecule has 0 aromatic carbocycles. The summed E-state index contributed by atoms with van der Waals surface area (Å²) in [5.74, 6) is 0.0930. The van der Waals surface area contributed by atoms with E-state index in [1.54, 1.807) is 6.92 Å². The van der Waals surface area contributed by atoms with Crippen LogP contribution >= 0.6 is 11.6 Å². The summed E-state index contributed by atoms with van der Waals surface area (Å²) in [5.41, 5.74) is 0.363. The lowest BCUT2D eigenvalue weighted by atomic mass is 9.82. The SMILES string of the molecule is CCC1(CC)CCN(C(=O)C(C)Cl)C1. The van der Waals surface area contributed by atoms with Gasteiger partial charge in [0, 0.05) is 13.1 Å². The van der Waals surface area contributed by atoms with Crippen molar-refractivity contribution >= 4 is 17.5 Å². The van der Waals surface area contributed by atoms with Crippen molar-refractivity contribution in [2.45, 2.75) is 45.4 Å². The highest BCUT2D eigenvalue weighted by molar-refractivity contribution is 6.30. The Kier molecular flexibility index (Phi) is 3.82. The van der Waals surface area contributed by atoms with E-state index in [1.807, 2.05) is 4.90 Å². The van der Waals surface area contributed by atoms with Crippen molar-refractivity contribution in [2.75, 3.05) is 13.1 Å². The second-order valence-corrected chi connectivity index (χ2v) is 4.99. The van der Waals surface area contributed by atoms with E-state index >= 15 is 0 Å². The van der Waals surface area contributed by atoms with Crippen LogP contribution in [0.3, 0.4) is 0 Å². The molecule has 3 heteroatoms. The number of carbonyl (C=O) groups excluding carboxylic acids is 1. The average Bonchev–Trinajstić information content (AvgIpc) is 2.61. The number of nitrogens with zero attached hydrogens (tertiary/aromatic N) is 1. The number of hydrogen-bond donors (Lipinski definition) is 0. The number of hydrogen-bond acceptors (Lipinski definition) is 1. The number of rotatable bonds is 3. The smallest absolute Gasteiger partial charge is 0.240 e. The first-order chi connectivity index (χ1) is 6.54. The van der Waals surface area contributed by atoms with Crippen LogP contribution in [0.1, 0.15) is 40.0 Å². The molecule has 2 nitrogen and oxygen atoms in total. The van der Waals surface area contributed by atoms with Gasteiger partial charge in [-0.3, -0.25) is 4.79 Å². The molecule has 1 amide bonds. The zero-order valence-electron chi connectivity index (χ0n) is 9.35. The quantitative estimate of drug-likeness (QED) is 0.666. The van der Waals surface area contributed by atoms with E-state index in [-0.39, 0.29) is 11.3 Å². The van der Waals surface area contributed by atoms with Gasteiger partial charge >= 0.3 is 0 Å². The molecule has 1 aliphatic heterocycles. The van der Waals surface area contributed by atoms with Gasteiger partial charge in [-0.15, -0.1) is 11.6 Å². The highest BCUT2D eigenvalue weighted by Crippen LogP contribution is 2.37. The molecule has 1 rings (SSSR count). The minimum Gasteiger partial charge on any atom is -0.341 e. The van der Waals surface area contributed by atoms with Crippen molar-refractivity contribution in [3.05, 3.63) is 0 Å². The Bertz CT molecular complexity index is 211. The van der Waals surface area contributed by atoms with E-state index in [0.717, 1.165) is 32.4 Å². The molecule has 14 heavy (non-hydrogen) atoms. The van der Waals surface area contributed by atoms with Gasteiger partial charge in [-0.25, -0.2) is 0 Å². The number of likely N-dealkylation sites (tertiary alicyclic amines) is 1. The number of alkyl halides is 1. The van der Waals surface area contributed by atoms with E-state index in [4.69, 9.17) is 11.6 Å². The zero-order valence-corrected chi connectivity index (χ0v) is 10.1. The van der Waals surface area contributed by atoms with E-state index in [2.05, 4.69) is 13.8 Å². The van der Waals surface area contributed by atoms with Crippen LogP contribution in [0.2, 0.25) is 0 Å². The van der Waals surface area contributed by atoms with E-state index < -0.39 is 0 Å². The van der Waals surface area contributed by atoms with Gasteiger partial charge in [0.15, 0.2) is 0 Å². The van der Waals surface area contributed by atoms with Gasteiger partial charge in [0.25, 0.3) is 0 Å². The Morgan fingerprint density at radius 2 is 2.07 bits per heavy atom. The average molecular weight is 218 g/mol. The summed E-state index contributed by atoms with van der Waals surface area (Å²) in [5, 5.41) is -0.375. The summed E-state index contributed by atoms with van der Waals surface area (Å²) in [6.45, 7) is 7.96. The first-order valence-electron chi connectivity index (χ1n) is 5.47. The van der Waals surface area contributed by atoms with Gasteiger partial charge < -0.3 is 4.90 Å². The fraction of sp³-hybridized carbons (Fsp3) is 0.909. The van der Waals surface area contributed by atoms with Crippen molar-refractivity contribution in [3.8, 4) is 0 Å². The van der Waals surface area contributed by atoms with Crippen molar-refractivity contribution in [1.29, 1.82) is 0 Å². The summed E-state index contributed by atoms with van der Waals surface area (Å²) in [4.78, 5) is 13.6. The fourth-order valence-electron chi connectivity index (χ4n) is 2.20. The zero-order chi connectivity index (χ0) is 10.8. The fourth-order valence-corrected chi connectivity index (χ4v) is 2.34. The molecule has 0 saturated carbocycles. The van der Waals surface area contributed by atoms with Crippen LogP contribution in [0.15, 0.2) is 0 Å². The number of halogens is 1. The molecule has 0 radical (unpaired) electrons. The highest BCUT2D eigenvalue weighted by Gasteiger charge is 2.37. The van der Waals surface area contributed by atoms with Gasteiger partial charge in [0.05, 0.1) is 0 Å². The molecule has 0 N–H and O–H groups in total. The summed E-state index contributed by atoms with van der Waals surface area (Å²) in [6.07, 6.45) is 3.45. The topological polar surface area (TPSA) is 20.3 Å². The largest absolute Gasteiger partial charge is 0.341 e. The van der Waals surface area contributed by atoms with Crippen molar-refractivity contribution in [2.24, 2.45) is 5.41 Å². The van der Waals surface area contributed by atoms with Crippen molar-refractivity contribution < 1.29 is 4.79 Å². The molecule has 1 fully saturated rings. The minimum absolute atomic E-state index is 0.0930. The van der Waals surface area contributed by atoms with Crippen LogP contribution in [-0.4, -0.2) is 29.3 Å². The van der Waals surface area contributed by atoms with Gasteiger partial charge in [0.1, 0.15) is 5.38 Å². The summed E-state index contributed by atoms with van der Waals surface area (Å²) < 4.78 is 0. The number of amides is 1. The standard InChI is InChI=1S/C11H20ClNO/c1-4-11(5-2)6-7-13(8-11)10(14)9(3)12/h9H,4-8H2,1-3H3. The normalized spacial score (nSPS) is 22.4. The van der Waals surface area contributed by atoms with E-state index in [1.165, 1.54) is 0 Å². The summed E-state index contributed by atoms with van der Waals surface area (Å²) in [7, 11) is 0. The molecule has 0 spiro atoms. The maximum absolute atomic E-state index is 11.7. The van der Waals surface area contributed by atoms with Crippen molar-refractivity contribution in [3.63, 3.8) is 0 Å². The molecule has 0 aromatic rings. The van der Waals surface area contributed by atoms with Crippen LogP contribution in [-0.2, 0) is 4.79 Å². The third-order valence-electron chi connectivity index (χ3n) is 3.59. The third-order valence-corrected chi connectivity index (χ3v) is 3.78. The highest BCUT2D eigenvalue weighted by atomic mass is 35.5. The first kappa shape index (κ1) is 11.8. The Morgan fingerprint density at radius 3 is 2.43 bits per heavy atom. The molecule has 0 bridgehead atoms. The minimum atomic E-state index is -0.375. The second-order valence-electron chi connectivity index (χ2n) is 4.33. The molecule has 1 heterocycles. The Morgan fingerprint density at radius 1 is 1.50 bits per heavy atom. The third kappa shape index (κ3) is 2.22. The van der Waals surface area contributed by atoms with E-state index in [9.17, 15) is 4.79 Å². The van der Waals surface area contributed by atoms with Gasteiger partial charge in [-0.2, -0.15) is 0 Å². The lowest BCUT2D eigenvalue weighted by Gasteiger charge is -2.26. The molecule has 1 unspecified atom stereocenters. The monoisotopic (exact) mass is 217 g/mol. The maximum Gasteiger partial charge on any atom is 0.240 e. The maximum atomic E-state index is 11.7. The molecule has 0 aliphatic carbocycles. The predicted octanol–water partition coefficient (Wildman–Crippen LogP) is 2.65. The summed E-state index contributed by atoms with van der Waals surface area (Å²) >= 11 is 5.80. The Hall–Kier alpha value is -0.240. The molecular weight excluding hydrogens is 198 g/mol. The van der Waals surface area contributed by atoms with Crippen LogP contribution in [0.4, 0.5) is 0 Å². The van der Waals surface area contributed by atoms with E-state index in [0.29, 0.717) is 5.41 Å². The predicted molar refractivity (Wildman–Crippen MR) is 59.5 cm³/mol. The lowest BCUT2D eigenvalue weighted by molar-refractivity contribution is -0.129. The lowest BCUT2D eigenvalue weighted by Crippen LogP contribution is -2.35. The van der Waals surface area contributed by atoms with Crippen LogP contribution in [0.5, 0.6) is 0 Å². The second kappa shape index (κ2) is 4.52. The number of carbonyl (C=O) groups is 1. The molecule has 1 aliphatic rings. The molecular formula is C11H20ClNO. The molecule has 82 valence electrons. The Balaban J connectivity index is 2.60. The summed E-state index contributed by atoms with van der Waals surface area (Å²) in [6, 6.07) is 0. The van der Waals surface area contributed by atoms with Gasteiger partial charge in [-0.05, 0) is 31.6 Å². The molecule has 1 saturated heterocycles. The van der Waals surface area contributed by atoms with Crippen LogP contribution < -0.4 is 0 Å². The molecule has 0 aromatic heterocycles.